The summed E-state index contributed by atoms with van der Waals surface area (Å²) in [4.78, 5) is 23.4. The molecule has 2 aromatic heterocycles. The van der Waals surface area contributed by atoms with E-state index in [1.54, 1.807) is 23.4 Å². The summed E-state index contributed by atoms with van der Waals surface area (Å²) < 4.78 is 47.6. The van der Waals surface area contributed by atoms with Crippen LogP contribution in [-0.4, -0.2) is 44.4 Å². The van der Waals surface area contributed by atoms with E-state index in [4.69, 9.17) is 15.5 Å². The molecule has 0 saturated carbocycles. The summed E-state index contributed by atoms with van der Waals surface area (Å²) in [6.45, 7) is 6.59. The van der Waals surface area contributed by atoms with Gasteiger partial charge in [0.2, 0.25) is 5.91 Å². The van der Waals surface area contributed by atoms with Crippen molar-refractivity contribution >= 4 is 17.2 Å². The molecule has 2 N–H and O–H groups in total. The Balaban J connectivity index is 1.33. The number of aromatic nitrogens is 3. The number of carbonyl (C=O) groups is 1. The Labute approximate surface area is 222 Å². The highest BCUT2D eigenvalue weighted by Crippen LogP contribution is 2.37. The SMILES string of the molecule is C=C1CC(=O)N2C[C@H](c3nc(-c4ccc([C@H](C)c5cccc(C(F)(F)F)c5)cc4)c4c(N)nccn34)OC[C@@H]12. The fourth-order valence-corrected chi connectivity index (χ4v) is 5.46. The number of morpholine rings is 1. The van der Waals surface area contributed by atoms with E-state index in [2.05, 4.69) is 11.6 Å². The summed E-state index contributed by atoms with van der Waals surface area (Å²) in [5.41, 5.74) is 9.92. The minimum absolute atomic E-state index is 0.0334. The van der Waals surface area contributed by atoms with E-state index in [1.165, 1.54) is 12.1 Å². The van der Waals surface area contributed by atoms with Gasteiger partial charge in [0.1, 0.15) is 29.0 Å². The van der Waals surface area contributed by atoms with E-state index in [0.29, 0.717) is 48.0 Å². The van der Waals surface area contributed by atoms with E-state index < -0.39 is 17.8 Å². The number of ether oxygens (including phenoxy) is 1. The fourth-order valence-electron chi connectivity index (χ4n) is 5.46. The molecule has 0 radical (unpaired) electrons. The first-order chi connectivity index (χ1) is 18.6. The van der Waals surface area contributed by atoms with Gasteiger partial charge in [-0.1, -0.05) is 56.0 Å². The number of imidazole rings is 1. The number of hydrogen-bond acceptors (Lipinski definition) is 5. The highest BCUT2D eigenvalue weighted by atomic mass is 19.4. The number of nitrogens with two attached hydrogens (primary N) is 1. The molecule has 2 saturated heterocycles. The number of rotatable bonds is 4. The number of carbonyl (C=O) groups excluding carboxylic acids is 1. The average molecular weight is 534 g/mol. The molecule has 3 atom stereocenters. The van der Waals surface area contributed by atoms with Gasteiger partial charge in [0.25, 0.3) is 0 Å². The molecule has 1 amide bonds. The van der Waals surface area contributed by atoms with Crippen LogP contribution >= 0.6 is 0 Å². The second kappa shape index (κ2) is 9.23. The molecule has 2 aliphatic heterocycles. The molecule has 10 heteroatoms. The maximum Gasteiger partial charge on any atom is 0.416 e. The first-order valence-corrected chi connectivity index (χ1v) is 12.6. The van der Waals surface area contributed by atoms with Gasteiger partial charge in [-0.25, -0.2) is 9.97 Å². The summed E-state index contributed by atoms with van der Waals surface area (Å²) >= 11 is 0. The lowest BCUT2D eigenvalue weighted by molar-refractivity contribution is -0.138. The zero-order valence-electron chi connectivity index (χ0n) is 21.2. The zero-order chi connectivity index (χ0) is 27.5. The second-order valence-corrected chi connectivity index (χ2v) is 10.0. The maximum atomic E-state index is 13.2. The van der Waals surface area contributed by atoms with Gasteiger partial charge in [-0.15, -0.1) is 0 Å². The molecule has 2 aliphatic rings. The number of amides is 1. The van der Waals surface area contributed by atoms with Gasteiger partial charge in [0.15, 0.2) is 0 Å². The molecule has 0 bridgehead atoms. The van der Waals surface area contributed by atoms with Crippen LogP contribution in [0.3, 0.4) is 0 Å². The van der Waals surface area contributed by atoms with Crippen LogP contribution in [0.15, 0.2) is 73.1 Å². The number of benzene rings is 2. The minimum atomic E-state index is -4.40. The molecule has 200 valence electrons. The number of halogens is 3. The van der Waals surface area contributed by atoms with Gasteiger partial charge in [-0.05, 0) is 22.8 Å². The van der Waals surface area contributed by atoms with Crippen LogP contribution in [0.2, 0.25) is 0 Å². The van der Waals surface area contributed by atoms with Crippen molar-refractivity contribution in [2.75, 3.05) is 18.9 Å². The quantitative estimate of drug-likeness (QED) is 0.356. The second-order valence-electron chi connectivity index (χ2n) is 10.0. The largest absolute Gasteiger partial charge is 0.416 e. The number of nitrogen functional groups attached to an aromatic ring is 1. The van der Waals surface area contributed by atoms with Crippen molar-refractivity contribution in [2.24, 2.45) is 0 Å². The van der Waals surface area contributed by atoms with Crippen LogP contribution in [0.1, 0.15) is 47.9 Å². The van der Waals surface area contributed by atoms with Gasteiger partial charge in [0.05, 0.1) is 24.8 Å². The number of hydrogen-bond donors (Lipinski definition) is 1. The Morgan fingerprint density at radius 1 is 1.15 bits per heavy atom. The van der Waals surface area contributed by atoms with Crippen LogP contribution in [0, 0.1) is 0 Å². The van der Waals surface area contributed by atoms with Crippen LogP contribution < -0.4 is 5.73 Å². The van der Waals surface area contributed by atoms with Gasteiger partial charge >= 0.3 is 6.18 Å². The Bertz CT molecular complexity index is 1600. The molecular weight excluding hydrogens is 507 g/mol. The van der Waals surface area contributed by atoms with E-state index in [-0.39, 0.29) is 17.9 Å². The number of fused-ring (bicyclic) bond motifs is 2. The maximum absolute atomic E-state index is 13.2. The van der Waals surface area contributed by atoms with E-state index in [1.807, 2.05) is 35.6 Å². The standard InChI is InChI=1S/C29H26F3N5O2/c1-16-12-24(38)37-14-23(39-15-22(16)37)28-35-25(26-27(33)34-10-11-36(26)28)19-8-6-18(7-9-19)17(2)20-4-3-5-21(13-20)29(30,31)32/h3-11,13,17,22-23H,1,12,14-15H2,2H3,(H2,33,34)/t17-,22-,23+/m0/s1. The topological polar surface area (TPSA) is 85.8 Å². The summed E-state index contributed by atoms with van der Waals surface area (Å²) in [6, 6.07) is 12.8. The summed E-state index contributed by atoms with van der Waals surface area (Å²) in [5.74, 6) is 0.691. The van der Waals surface area contributed by atoms with Crippen LogP contribution in [0.25, 0.3) is 16.8 Å². The monoisotopic (exact) mass is 533 g/mol. The van der Waals surface area contributed by atoms with E-state index in [9.17, 15) is 18.0 Å². The summed E-state index contributed by atoms with van der Waals surface area (Å²) in [6.07, 6.45) is -1.17. The molecular formula is C29H26F3N5O2. The van der Waals surface area contributed by atoms with Crippen molar-refractivity contribution in [3.05, 3.63) is 95.6 Å². The van der Waals surface area contributed by atoms with Crippen molar-refractivity contribution in [2.45, 2.75) is 37.6 Å². The molecule has 4 aromatic rings. The molecule has 7 nitrogen and oxygen atoms in total. The fraction of sp³-hybridized carbons (Fsp3) is 0.276. The predicted octanol–water partition coefficient (Wildman–Crippen LogP) is 5.38. The highest BCUT2D eigenvalue weighted by molar-refractivity contribution is 5.86. The Morgan fingerprint density at radius 2 is 1.92 bits per heavy atom. The molecule has 0 spiro atoms. The van der Waals surface area contributed by atoms with Crippen molar-refractivity contribution in [3.8, 4) is 11.3 Å². The zero-order valence-corrected chi connectivity index (χ0v) is 21.2. The first kappa shape index (κ1) is 25.1. The smallest absolute Gasteiger partial charge is 0.382 e. The predicted molar refractivity (Wildman–Crippen MR) is 140 cm³/mol. The van der Waals surface area contributed by atoms with Gasteiger partial charge in [-0.3, -0.25) is 9.20 Å². The van der Waals surface area contributed by atoms with Crippen molar-refractivity contribution in [1.29, 1.82) is 0 Å². The van der Waals surface area contributed by atoms with Crippen LogP contribution in [0.4, 0.5) is 19.0 Å². The third-order valence-electron chi connectivity index (χ3n) is 7.66. The van der Waals surface area contributed by atoms with E-state index >= 15 is 0 Å². The number of nitrogens with zero attached hydrogens (tertiary/aromatic N) is 4. The van der Waals surface area contributed by atoms with E-state index in [0.717, 1.165) is 22.8 Å². The van der Waals surface area contributed by atoms with Crippen LogP contribution in [0.5, 0.6) is 0 Å². The summed E-state index contributed by atoms with van der Waals surface area (Å²) in [5, 5.41) is 0. The molecule has 0 aliphatic carbocycles. The number of alkyl halides is 3. The third kappa shape index (κ3) is 4.34. The first-order valence-electron chi connectivity index (χ1n) is 12.6. The van der Waals surface area contributed by atoms with Gasteiger partial charge in [-0.2, -0.15) is 13.2 Å². The lowest BCUT2D eigenvalue weighted by Gasteiger charge is -2.34. The van der Waals surface area contributed by atoms with Crippen molar-refractivity contribution in [1.82, 2.24) is 19.3 Å². The van der Waals surface area contributed by atoms with Crippen molar-refractivity contribution in [3.63, 3.8) is 0 Å². The number of anilines is 1. The normalized spacial score (nSPS) is 20.5. The molecule has 6 rings (SSSR count). The Hall–Kier alpha value is -4.18. The van der Waals surface area contributed by atoms with Gasteiger partial charge < -0.3 is 15.4 Å². The minimum Gasteiger partial charge on any atom is -0.382 e. The Morgan fingerprint density at radius 3 is 2.67 bits per heavy atom. The molecule has 4 heterocycles. The lowest BCUT2D eigenvalue weighted by Crippen LogP contribution is -2.45. The van der Waals surface area contributed by atoms with Gasteiger partial charge in [0, 0.05) is 30.3 Å². The Kier molecular flexibility index (Phi) is 5.95. The highest BCUT2D eigenvalue weighted by Gasteiger charge is 2.41. The molecule has 39 heavy (non-hydrogen) atoms. The molecule has 2 fully saturated rings. The van der Waals surface area contributed by atoms with Crippen molar-refractivity contribution < 1.29 is 22.7 Å². The molecule has 0 unspecified atom stereocenters. The summed E-state index contributed by atoms with van der Waals surface area (Å²) in [7, 11) is 0. The lowest BCUT2D eigenvalue weighted by atomic mass is 9.91. The van der Waals surface area contributed by atoms with Crippen LogP contribution in [-0.2, 0) is 15.7 Å². The average Bonchev–Trinajstić information content (AvgIpc) is 3.46. The molecule has 2 aromatic carbocycles. The third-order valence-corrected chi connectivity index (χ3v) is 7.66.